The molecule has 4 aromatic rings. The van der Waals surface area contributed by atoms with Crippen LogP contribution in [0.5, 0.6) is 0 Å². The van der Waals surface area contributed by atoms with Crippen molar-refractivity contribution in [1.82, 2.24) is 9.88 Å². The Labute approximate surface area is 218 Å². The van der Waals surface area contributed by atoms with E-state index in [-0.39, 0.29) is 11.6 Å². The highest BCUT2D eigenvalue weighted by Gasteiger charge is 2.37. The van der Waals surface area contributed by atoms with Crippen molar-refractivity contribution >= 4 is 44.1 Å². The number of sulfonamides is 1. The van der Waals surface area contributed by atoms with Gasteiger partial charge in [-0.25, -0.2) is 13.4 Å². The van der Waals surface area contributed by atoms with Gasteiger partial charge in [0.2, 0.25) is 5.95 Å². The number of halogens is 2. The monoisotopic (exact) mass is 539 g/mol. The van der Waals surface area contributed by atoms with Crippen LogP contribution in [0.1, 0.15) is 28.8 Å². The van der Waals surface area contributed by atoms with Crippen LogP contribution >= 0.6 is 11.6 Å². The van der Waals surface area contributed by atoms with Crippen molar-refractivity contribution in [2.75, 3.05) is 17.8 Å². The summed E-state index contributed by atoms with van der Waals surface area (Å²) in [6, 6.07) is 20.9. The highest BCUT2D eigenvalue weighted by molar-refractivity contribution is 7.92. The lowest BCUT2D eigenvalue weighted by Gasteiger charge is -2.39. The van der Waals surface area contributed by atoms with Crippen LogP contribution in [0.3, 0.4) is 0 Å². The molecule has 37 heavy (non-hydrogen) atoms. The fourth-order valence-electron chi connectivity index (χ4n) is 4.52. The second-order valence-electron chi connectivity index (χ2n) is 8.96. The van der Waals surface area contributed by atoms with Gasteiger partial charge in [-0.05, 0) is 55.3 Å². The number of aliphatic hydroxyl groups is 1. The summed E-state index contributed by atoms with van der Waals surface area (Å²) in [6.07, 6.45) is 0.678. The fourth-order valence-corrected chi connectivity index (χ4v) is 5.94. The SMILES string of the molecule is O=C(c1ccc(NS(=O)(=O)c2cc3ccccc3nc2F)cc1)N1CCC(O)(c2ccccc2Cl)CC1. The summed E-state index contributed by atoms with van der Waals surface area (Å²) < 4.78 is 42.5. The van der Waals surface area contributed by atoms with E-state index in [9.17, 15) is 22.7 Å². The number of benzene rings is 3. The summed E-state index contributed by atoms with van der Waals surface area (Å²) in [5, 5.41) is 12.1. The number of hydrogen-bond acceptors (Lipinski definition) is 5. The molecule has 2 heterocycles. The number of hydrogen-bond donors (Lipinski definition) is 2. The van der Waals surface area contributed by atoms with Crippen LogP contribution in [0.2, 0.25) is 5.02 Å². The van der Waals surface area contributed by atoms with Crippen molar-refractivity contribution in [3.63, 3.8) is 0 Å². The molecule has 0 radical (unpaired) electrons. The van der Waals surface area contributed by atoms with E-state index in [4.69, 9.17) is 11.6 Å². The van der Waals surface area contributed by atoms with E-state index in [1.807, 2.05) is 6.07 Å². The van der Waals surface area contributed by atoms with Gasteiger partial charge in [0.25, 0.3) is 15.9 Å². The highest BCUT2D eigenvalue weighted by Crippen LogP contribution is 2.37. The second kappa shape index (κ2) is 9.74. The van der Waals surface area contributed by atoms with Gasteiger partial charge in [0.15, 0.2) is 0 Å². The Morgan fingerprint density at radius 3 is 2.35 bits per heavy atom. The van der Waals surface area contributed by atoms with Gasteiger partial charge >= 0.3 is 0 Å². The molecule has 0 spiro atoms. The summed E-state index contributed by atoms with van der Waals surface area (Å²) in [5.74, 6) is -1.33. The molecule has 190 valence electrons. The first-order chi connectivity index (χ1) is 17.7. The molecule has 0 aliphatic carbocycles. The molecule has 10 heteroatoms. The molecule has 0 atom stereocenters. The standard InChI is InChI=1S/C27H23ClFN3O4S/c28-22-7-3-2-6-21(22)27(34)13-15-32(16-14-27)26(33)18-9-11-20(12-10-18)31-37(35,36)24-17-19-5-1-4-8-23(19)30-25(24)29/h1-12,17,31,34H,13-16H2. The first kappa shape index (κ1) is 25.1. The van der Waals surface area contributed by atoms with Crippen molar-refractivity contribution in [2.24, 2.45) is 0 Å². The average molecular weight is 540 g/mol. The van der Waals surface area contributed by atoms with Crippen LogP contribution in [-0.2, 0) is 15.6 Å². The Hall–Kier alpha value is -3.53. The molecule has 1 aromatic heterocycles. The quantitative estimate of drug-likeness (QED) is 0.349. The van der Waals surface area contributed by atoms with E-state index in [1.165, 1.54) is 30.3 Å². The van der Waals surface area contributed by atoms with Crippen LogP contribution < -0.4 is 4.72 Å². The van der Waals surface area contributed by atoms with Crippen LogP contribution in [0.15, 0.2) is 83.8 Å². The third kappa shape index (κ3) is 5.02. The lowest BCUT2D eigenvalue weighted by molar-refractivity contribution is -0.0210. The topological polar surface area (TPSA) is 99.6 Å². The van der Waals surface area contributed by atoms with Crippen molar-refractivity contribution in [3.8, 4) is 0 Å². The summed E-state index contributed by atoms with van der Waals surface area (Å²) in [4.78, 5) is 17.8. The Morgan fingerprint density at radius 1 is 1.00 bits per heavy atom. The third-order valence-electron chi connectivity index (χ3n) is 6.57. The number of likely N-dealkylation sites (tertiary alicyclic amines) is 1. The second-order valence-corrected chi connectivity index (χ2v) is 11.0. The number of pyridine rings is 1. The highest BCUT2D eigenvalue weighted by atomic mass is 35.5. The van der Waals surface area contributed by atoms with E-state index in [2.05, 4.69) is 9.71 Å². The summed E-state index contributed by atoms with van der Waals surface area (Å²) in [7, 11) is -4.25. The molecular formula is C27H23ClFN3O4S. The van der Waals surface area contributed by atoms with Crippen molar-refractivity contribution < 1.29 is 22.7 Å². The maximum Gasteiger partial charge on any atom is 0.266 e. The Balaban J connectivity index is 1.27. The van der Waals surface area contributed by atoms with Crippen LogP contribution in [0.25, 0.3) is 10.9 Å². The van der Waals surface area contributed by atoms with Crippen LogP contribution in [0, 0.1) is 5.95 Å². The molecule has 1 aliphatic heterocycles. The number of anilines is 1. The zero-order chi connectivity index (χ0) is 26.2. The van der Waals surface area contributed by atoms with E-state index in [1.54, 1.807) is 47.4 Å². The molecule has 5 rings (SSSR count). The fraction of sp³-hybridized carbons (Fsp3) is 0.185. The number of piperidine rings is 1. The maximum absolute atomic E-state index is 14.5. The largest absolute Gasteiger partial charge is 0.385 e. The van der Waals surface area contributed by atoms with Crippen LogP contribution in [-0.4, -0.2) is 42.4 Å². The predicted molar refractivity (Wildman–Crippen MR) is 139 cm³/mol. The Kier molecular flexibility index (Phi) is 6.61. The Morgan fingerprint density at radius 2 is 1.65 bits per heavy atom. The average Bonchev–Trinajstić information content (AvgIpc) is 2.88. The van der Waals surface area contributed by atoms with Crippen molar-refractivity contribution in [2.45, 2.75) is 23.3 Å². The molecule has 1 fully saturated rings. The summed E-state index contributed by atoms with van der Waals surface area (Å²) in [6.45, 7) is 0.673. The smallest absolute Gasteiger partial charge is 0.266 e. The summed E-state index contributed by atoms with van der Waals surface area (Å²) in [5.41, 5.74) is 0.438. The van der Waals surface area contributed by atoms with Gasteiger partial charge in [-0.15, -0.1) is 0 Å². The van der Waals surface area contributed by atoms with Gasteiger partial charge in [0.1, 0.15) is 4.90 Å². The van der Waals surface area contributed by atoms with Gasteiger partial charge in [0.05, 0.1) is 11.1 Å². The number of rotatable bonds is 5. The van der Waals surface area contributed by atoms with Crippen molar-refractivity contribution in [1.29, 1.82) is 0 Å². The molecular weight excluding hydrogens is 517 g/mol. The first-order valence-corrected chi connectivity index (χ1v) is 13.5. The zero-order valence-electron chi connectivity index (χ0n) is 19.6. The van der Waals surface area contributed by atoms with Gasteiger partial charge in [-0.3, -0.25) is 9.52 Å². The molecule has 0 saturated carbocycles. The predicted octanol–water partition coefficient (Wildman–Crippen LogP) is 4.95. The van der Waals surface area contributed by atoms with E-state index in [0.717, 1.165) is 0 Å². The molecule has 7 nitrogen and oxygen atoms in total. The molecule has 0 bridgehead atoms. The molecule has 1 amide bonds. The zero-order valence-corrected chi connectivity index (χ0v) is 21.1. The number of aromatic nitrogens is 1. The lowest BCUT2D eigenvalue weighted by atomic mass is 9.84. The molecule has 2 N–H and O–H groups in total. The van der Waals surface area contributed by atoms with Crippen LogP contribution in [0.4, 0.5) is 10.1 Å². The van der Waals surface area contributed by atoms with Crippen molar-refractivity contribution in [3.05, 3.63) is 101 Å². The first-order valence-electron chi connectivity index (χ1n) is 11.6. The van der Waals surface area contributed by atoms with E-state index in [0.29, 0.717) is 53.0 Å². The number of amides is 1. The number of para-hydroxylation sites is 1. The van der Waals surface area contributed by atoms with Gasteiger partial charge in [-0.1, -0.05) is 48.0 Å². The number of fused-ring (bicyclic) bond motifs is 1. The molecule has 0 unspecified atom stereocenters. The van der Waals surface area contributed by atoms with E-state index >= 15 is 0 Å². The van der Waals surface area contributed by atoms with Gasteiger partial charge < -0.3 is 10.0 Å². The minimum absolute atomic E-state index is 0.177. The minimum atomic E-state index is -4.25. The number of carbonyl (C=O) groups is 1. The normalized spacial score (nSPS) is 15.5. The number of carbonyl (C=O) groups excluding carboxylic acids is 1. The molecule has 3 aromatic carbocycles. The number of nitrogens with one attached hydrogen (secondary N) is 1. The Bertz CT molecular complexity index is 1590. The number of nitrogens with zero attached hydrogens (tertiary/aromatic N) is 2. The van der Waals surface area contributed by atoms with Gasteiger partial charge in [-0.2, -0.15) is 4.39 Å². The molecule has 1 saturated heterocycles. The maximum atomic E-state index is 14.5. The van der Waals surface area contributed by atoms with Gasteiger partial charge in [0, 0.05) is 40.3 Å². The third-order valence-corrected chi connectivity index (χ3v) is 8.27. The molecule has 1 aliphatic rings. The van der Waals surface area contributed by atoms with E-state index < -0.39 is 26.5 Å². The minimum Gasteiger partial charge on any atom is -0.385 e. The summed E-state index contributed by atoms with van der Waals surface area (Å²) >= 11 is 6.26. The lowest BCUT2D eigenvalue weighted by Crippen LogP contribution is -2.45.